The van der Waals surface area contributed by atoms with Crippen LogP contribution in [0, 0.1) is 0 Å². The highest BCUT2D eigenvalue weighted by Crippen LogP contribution is 2.23. The van der Waals surface area contributed by atoms with Gasteiger partial charge in [-0.2, -0.15) is 4.31 Å². The fraction of sp³-hybridized carbons (Fsp3) is 0.400. The Morgan fingerprint density at radius 1 is 1.33 bits per heavy atom. The van der Waals surface area contributed by atoms with Gasteiger partial charge in [0.1, 0.15) is 11.0 Å². The second-order valence-corrected chi connectivity index (χ2v) is 8.68. The topological polar surface area (TPSA) is 92.3 Å². The largest absolute Gasteiger partial charge is 0.299 e. The number of nitrogens with one attached hydrogen (secondary N) is 1. The number of amides is 1. The van der Waals surface area contributed by atoms with E-state index in [9.17, 15) is 13.2 Å². The Balaban J connectivity index is 1.65. The zero-order valence-electron chi connectivity index (χ0n) is 13.2. The van der Waals surface area contributed by atoms with Crippen molar-refractivity contribution in [2.45, 2.75) is 25.3 Å². The fourth-order valence-electron chi connectivity index (χ4n) is 2.73. The number of sulfonamides is 1. The van der Waals surface area contributed by atoms with E-state index in [4.69, 9.17) is 0 Å². The van der Waals surface area contributed by atoms with Crippen molar-refractivity contribution >= 4 is 32.4 Å². The number of rotatable bonds is 5. The summed E-state index contributed by atoms with van der Waals surface area (Å²) in [6.07, 6.45) is 2.98. The maximum Gasteiger partial charge on any atom is 0.244 e. The average molecular weight is 366 g/mol. The summed E-state index contributed by atoms with van der Waals surface area (Å²) >= 11 is 1.30. The summed E-state index contributed by atoms with van der Waals surface area (Å²) in [6, 6.07) is 9.20. The summed E-state index contributed by atoms with van der Waals surface area (Å²) < 4.78 is 24.7. The fourth-order valence-corrected chi connectivity index (χ4v) is 4.63. The molecule has 0 saturated carbocycles. The Hall–Kier alpha value is -1.84. The summed E-state index contributed by atoms with van der Waals surface area (Å²) in [5.74, 6) is -0.347. The van der Waals surface area contributed by atoms with Gasteiger partial charge in [-0.25, -0.2) is 8.42 Å². The number of aromatic nitrogens is 2. The zero-order chi connectivity index (χ0) is 17.2. The van der Waals surface area contributed by atoms with E-state index in [1.54, 1.807) is 0 Å². The van der Waals surface area contributed by atoms with Crippen LogP contribution in [0.2, 0.25) is 0 Å². The van der Waals surface area contributed by atoms with Gasteiger partial charge in [0.15, 0.2) is 0 Å². The van der Waals surface area contributed by atoms with Crippen LogP contribution >= 0.6 is 11.3 Å². The lowest BCUT2D eigenvalue weighted by Gasteiger charge is -2.20. The van der Waals surface area contributed by atoms with Gasteiger partial charge >= 0.3 is 0 Å². The minimum Gasteiger partial charge on any atom is -0.299 e. The van der Waals surface area contributed by atoms with Crippen LogP contribution in [0.5, 0.6) is 0 Å². The molecule has 7 nitrogen and oxygen atoms in total. The van der Waals surface area contributed by atoms with Gasteiger partial charge in [-0.15, -0.1) is 10.2 Å². The summed E-state index contributed by atoms with van der Waals surface area (Å²) in [5, 5.41) is 11.9. The molecular weight excluding hydrogens is 348 g/mol. The van der Waals surface area contributed by atoms with Crippen molar-refractivity contribution in [2.24, 2.45) is 0 Å². The predicted molar refractivity (Wildman–Crippen MR) is 92.4 cm³/mol. The van der Waals surface area contributed by atoms with Gasteiger partial charge in [0.05, 0.1) is 6.26 Å². The summed E-state index contributed by atoms with van der Waals surface area (Å²) in [6.45, 7) is 0.381. The van der Waals surface area contributed by atoms with Crippen LogP contribution in [0.3, 0.4) is 0 Å². The summed E-state index contributed by atoms with van der Waals surface area (Å²) in [7, 11) is -3.38. The molecule has 1 amide bonds. The molecule has 9 heteroatoms. The molecule has 1 aliphatic heterocycles. The highest BCUT2D eigenvalue weighted by molar-refractivity contribution is 7.88. The molecule has 0 radical (unpaired) electrons. The third-order valence-corrected chi connectivity index (χ3v) is 5.96. The molecule has 0 aliphatic carbocycles. The molecule has 1 aromatic heterocycles. The van der Waals surface area contributed by atoms with Crippen molar-refractivity contribution in [1.82, 2.24) is 14.5 Å². The molecule has 1 aromatic carbocycles. The maximum atomic E-state index is 12.4. The standard InChI is InChI=1S/C15H18N4O3S2/c1-24(21,22)19-9-5-8-12(19)14(20)16-15-18-17-13(23-15)10-11-6-3-2-4-7-11/h2-4,6-7,12H,5,8-10H2,1H3,(H,16,18,20)/t12-/m1/s1. The summed E-state index contributed by atoms with van der Waals surface area (Å²) in [5.41, 5.74) is 1.12. The van der Waals surface area contributed by atoms with Crippen molar-refractivity contribution in [3.8, 4) is 0 Å². The molecule has 0 unspecified atom stereocenters. The number of nitrogens with zero attached hydrogens (tertiary/aromatic N) is 3. The third-order valence-electron chi connectivity index (χ3n) is 3.83. The SMILES string of the molecule is CS(=O)(=O)N1CCC[C@@H]1C(=O)Nc1nnc(Cc2ccccc2)s1. The number of hydrogen-bond acceptors (Lipinski definition) is 6. The van der Waals surface area contributed by atoms with E-state index in [0.29, 0.717) is 30.9 Å². The zero-order valence-corrected chi connectivity index (χ0v) is 14.8. The van der Waals surface area contributed by atoms with Crippen LogP contribution in [0.4, 0.5) is 5.13 Å². The first kappa shape index (κ1) is 17.0. The first-order chi connectivity index (χ1) is 11.4. The van der Waals surface area contributed by atoms with Crippen LogP contribution in [0.25, 0.3) is 0 Å². The number of anilines is 1. The van der Waals surface area contributed by atoms with Gasteiger partial charge in [0.2, 0.25) is 21.1 Å². The molecule has 128 valence electrons. The minimum absolute atomic E-state index is 0.347. The second kappa shape index (κ2) is 6.96. The number of carbonyl (C=O) groups excluding carboxylic acids is 1. The molecule has 1 atom stereocenters. The molecule has 3 rings (SSSR count). The highest BCUT2D eigenvalue weighted by Gasteiger charge is 2.36. The van der Waals surface area contributed by atoms with E-state index in [2.05, 4.69) is 15.5 Å². The average Bonchev–Trinajstić information content (AvgIpc) is 3.17. The van der Waals surface area contributed by atoms with Gasteiger partial charge in [0, 0.05) is 13.0 Å². The molecule has 1 N–H and O–H groups in total. The molecule has 0 bridgehead atoms. The Morgan fingerprint density at radius 2 is 2.08 bits per heavy atom. The smallest absolute Gasteiger partial charge is 0.244 e. The highest BCUT2D eigenvalue weighted by atomic mass is 32.2. The monoisotopic (exact) mass is 366 g/mol. The van der Waals surface area contributed by atoms with Crippen LogP contribution in [0.15, 0.2) is 30.3 Å². The van der Waals surface area contributed by atoms with Gasteiger partial charge in [-0.3, -0.25) is 10.1 Å². The van der Waals surface area contributed by atoms with Crippen LogP contribution in [0.1, 0.15) is 23.4 Å². The van der Waals surface area contributed by atoms with Crippen LogP contribution < -0.4 is 5.32 Å². The lowest BCUT2D eigenvalue weighted by atomic mass is 10.2. The maximum absolute atomic E-state index is 12.4. The molecular formula is C15H18N4O3S2. The Kier molecular flexibility index (Phi) is 4.93. The Bertz CT molecular complexity index is 820. The number of hydrogen-bond donors (Lipinski definition) is 1. The molecule has 1 saturated heterocycles. The number of benzene rings is 1. The molecule has 1 fully saturated rings. The first-order valence-electron chi connectivity index (χ1n) is 7.57. The van der Waals surface area contributed by atoms with Gasteiger partial charge < -0.3 is 0 Å². The minimum atomic E-state index is -3.38. The third kappa shape index (κ3) is 3.97. The van der Waals surface area contributed by atoms with E-state index in [1.807, 2.05) is 30.3 Å². The Morgan fingerprint density at radius 3 is 2.79 bits per heavy atom. The lowest BCUT2D eigenvalue weighted by Crippen LogP contribution is -2.42. The van der Waals surface area contributed by atoms with E-state index < -0.39 is 16.1 Å². The van der Waals surface area contributed by atoms with Crippen LogP contribution in [-0.4, -0.2) is 47.7 Å². The predicted octanol–water partition coefficient (Wildman–Crippen LogP) is 1.49. The molecule has 24 heavy (non-hydrogen) atoms. The van der Waals surface area contributed by atoms with Gasteiger partial charge in [-0.1, -0.05) is 41.7 Å². The quantitative estimate of drug-likeness (QED) is 0.865. The second-order valence-electron chi connectivity index (χ2n) is 5.68. The van der Waals surface area contributed by atoms with Crippen molar-refractivity contribution in [3.63, 3.8) is 0 Å². The Labute approximate surface area is 144 Å². The van der Waals surface area contributed by atoms with E-state index >= 15 is 0 Å². The van der Waals surface area contributed by atoms with E-state index in [0.717, 1.165) is 16.8 Å². The van der Waals surface area contributed by atoms with Crippen LogP contribution in [-0.2, 0) is 21.2 Å². The lowest BCUT2D eigenvalue weighted by molar-refractivity contribution is -0.119. The van der Waals surface area contributed by atoms with Crippen molar-refractivity contribution in [3.05, 3.63) is 40.9 Å². The van der Waals surface area contributed by atoms with E-state index in [1.165, 1.54) is 15.6 Å². The van der Waals surface area contributed by atoms with Crippen molar-refractivity contribution in [1.29, 1.82) is 0 Å². The number of carbonyl (C=O) groups is 1. The molecule has 0 spiro atoms. The van der Waals surface area contributed by atoms with Gasteiger partial charge in [-0.05, 0) is 18.4 Å². The summed E-state index contributed by atoms with van der Waals surface area (Å²) in [4.78, 5) is 12.4. The van der Waals surface area contributed by atoms with Gasteiger partial charge in [0.25, 0.3) is 0 Å². The molecule has 2 heterocycles. The normalized spacial score (nSPS) is 18.6. The molecule has 1 aliphatic rings. The first-order valence-corrected chi connectivity index (χ1v) is 10.2. The molecule has 2 aromatic rings. The van der Waals surface area contributed by atoms with Crippen molar-refractivity contribution in [2.75, 3.05) is 18.1 Å². The van der Waals surface area contributed by atoms with E-state index in [-0.39, 0.29) is 5.91 Å². The van der Waals surface area contributed by atoms with Crippen molar-refractivity contribution < 1.29 is 13.2 Å².